The lowest BCUT2D eigenvalue weighted by Crippen LogP contribution is -2.11. The SMILES string of the molecule is COc1ccc(C(=O)Nc2cccc(/C=C/c3nc4ccc([N+](=O)[O-])cc4s3)c2)cc1. The van der Waals surface area contributed by atoms with E-state index in [1.807, 2.05) is 36.4 Å². The molecule has 0 fully saturated rings. The number of nitrogens with zero attached hydrogens (tertiary/aromatic N) is 2. The Balaban J connectivity index is 1.49. The minimum absolute atomic E-state index is 0.0481. The van der Waals surface area contributed by atoms with E-state index in [1.54, 1.807) is 37.4 Å². The second-order valence-corrected chi connectivity index (χ2v) is 7.66. The zero-order chi connectivity index (χ0) is 21.8. The lowest BCUT2D eigenvalue weighted by atomic mass is 10.1. The number of ether oxygens (including phenoxy) is 1. The maximum Gasteiger partial charge on any atom is 0.270 e. The van der Waals surface area contributed by atoms with Gasteiger partial charge in [0.05, 0.1) is 22.2 Å². The van der Waals surface area contributed by atoms with Crippen LogP contribution < -0.4 is 10.1 Å². The molecule has 0 bridgehead atoms. The number of nitro benzene ring substituents is 1. The molecule has 0 saturated heterocycles. The fourth-order valence-electron chi connectivity index (χ4n) is 2.95. The standard InChI is InChI=1S/C23H17N3O4S/c1-30-19-9-6-16(7-10-19)23(27)24-17-4-2-3-15(13-17)5-12-22-25-20-11-8-18(26(28)29)14-21(20)31-22/h2-14H,1H3,(H,24,27)/b12-5+. The van der Waals surface area contributed by atoms with Gasteiger partial charge < -0.3 is 10.1 Å². The average Bonchev–Trinajstić information content (AvgIpc) is 3.20. The van der Waals surface area contributed by atoms with Crippen molar-refractivity contribution in [3.05, 3.63) is 93.0 Å². The molecule has 8 heteroatoms. The van der Waals surface area contributed by atoms with E-state index < -0.39 is 4.92 Å². The molecule has 0 unspecified atom stereocenters. The highest BCUT2D eigenvalue weighted by atomic mass is 32.1. The van der Waals surface area contributed by atoms with Crippen molar-refractivity contribution in [2.24, 2.45) is 0 Å². The normalized spacial score (nSPS) is 11.0. The van der Waals surface area contributed by atoms with Crippen molar-refractivity contribution in [3.8, 4) is 5.75 Å². The summed E-state index contributed by atoms with van der Waals surface area (Å²) in [6.07, 6.45) is 3.73. The zero-order valence-electron chi connectivity index (χ0n) is 16.4. The Bertz CT molecular complexity index is 1300. The molecule has 0 saturated carbocycles. The summed E-state index contributed by atoms with van der Waals surface area (Å²) < 4.78 is 5.87. The van der Waals surface area contributed by atoms with E-state index in [4.69, 9.17) is 4.74 Å². The van der Waals surface area contributed by atoms with Crippen molar-refractivity contribution < 1.29 is 14.5 Å². The number of aromatic nitrogens is 1. The minimum atomic E-state index is -0.416. The summed E-state index contributed by atoms with van der Waals surface area (Å²) in [4.78, 5) is 27.4. The van der Waals surface area contributed by atoms with Crippen molar-refractivity contribution >= 4 is 51.0 Å². The number of methoxy groups -OCH3 is 1. The highest BCUT2D eigenvalue weighted by Crippen LogP contribution is 2.27. The maximum absolute atomic E-state index is 12.5. The number of thiazole rings is 1. The van der Waals surface area contributed by atoms with Gasteiger partial charge in [-0.1, -0.05) is 18.2 Å². The van der Waals surface area contributed by atoms with Crippen molar-refractivity contribution in [2.75, 3.05) is 12.4 Å². The Labute approximate surface area is 181 Å². The number of hydrogen-bond donors (Lipinski definition) is 1. The van der Waals surface area contributed by atoms with Gasteiger partial charge in [-0.25, -0.2) is 4.98 Å². The molecule has 4 rings (SSSR count). The zero-order valence-corrected chi connectivity index (χ0v) is 17.3. The van der Waals surface area contributed by atoms with Gasteiger partial charge in [0, 0.05) is 23.4 Å². The molecule has 1 aromatic heterocycles. The topological polar surface area (TPSA) is 94.4 Å². The van der Waals surface area contributed by atoms with Crippen LogP contribution in [0.25, 0.3) is 22.4 Å². The molecule has 154 valence electrons. The van der Waals surface area contributed by atoms with Gasteiger partial charge in [-0.3, -0.25) is 14.9 Å². The average molecular weight is 431 g/mol. The molecule has 7 nitrogen and oxygen atoms in total. The van der Waals surface area contributed by atoms with Gasteiger partial charge in [-0.15, -0.1) is 11.3 Å². The van der Waals surface area contributed by atoms with Crippen LogP contribution in [0, 0.1) is 10.1 Å². The molecule has 3 aromatic carbocycles. The fourth-order valence-corrected chi connectivity index (χ4v) is 3.85. The Morgan fingerprint density at radius 1 is 1.10 bits per heavy atom. The Kier molecular flexibility index (Phi) is 5.72. The predicted molar refractivity (Wildman–Crippen MR) is 123 cm³/mol. The molecule has 0 spiro atoms. The van der Waals surface area contributed by atoms with Gasteiger partial charge in [-0.05, 0) is 54.1 Å². The largest absolute Gasteiger partial charge is 0.497 e. The van der Waals surface area contributed by atoms with E-state index in [1.165, 1.54) is 23.5 Å². The van der Waals surface area contributed by atoms with E-state index in [-0.39, 0.29) is 11.6 Å². The quantitative estimate of drug-likeness (QED) is 0.315. The molecule has 0 atom stereocenters. The van der Waals surface area contributed by atoms with Crippen LogP contribution in [0.15, 0.2) is 66.7 Å². The van der Waals surface area contributed by atoms with Crippen LogP contribution in [0.5, 0.6) is 5.75 Å². The Morgan fingerprint density at radius 3 is 2.65 bits per heavy atom. The monoisotopic (exact) mass is 431 g/mol. The number of carbonyl (C=O) groups excluding carboxylic acids is 1. The summed E-state index contributed by atoms with van der Waals surface area (Å²) in [7, 11) is 1.58. The summed E-state index contributed by atoms with van der Waals surface area (Å²) in [5.74, 6) is 0.477. The van der Waals surface area contributed by atoms with Crippen LogP contribution in [0.4, 0.5) is 11.4 Å². The number of fused-ring (bicyclic) bond motifs is 1. The van der Waals surface area contributed by atoms with Crippen LogP contribution in [-0.4, -0.2) is 22.9 Å². The number of benzene rings is 3. The minimum Gasteiger partial charge on any atom is -0.497 e. The van der Waals surface area contributed by atoms with Gasteiger partial charge in [0.25, 0.3) is 11.6 Å². The summed E-state index contributed by atoms with van der Waals surface area (Å²) in [6.45, 7) is 0. The van der Waals surface area contributed by atoms with E-state index in [2.05, 4.69) is 10.3 Å². The molecule has 0 aliphatic heterocycles. The molecular weight excluding hydrogens is 414 g/mol. The maximum atomic E-state index is 12.5. The Morgan fingerprint density at radius 2 is 1.90 bits per heavy atom. The molecule has 1 heterocycles. The van der Waals surface area contributed by atoms with Gasteiger partial charge in [0.15, 0.2) is 0 Å². The van der Waals surface area contributed by atoms with Crippen molar-refractivity contribution in [1.82, 2.24) is 4.98 Å². The van der Waals surface area contributed by atoms with Crippen molar-refractivity contribution in [2.45, 2.75) is 0 Å². The predicted octanol–water partition coefficient (Wildman–Crippen LogP) is 5.64. The van der Waals surface area contributed by atoms with Crippen LogP contribution in [0.3, 0.4) is 0 Å². The first-order valence-corrected chi connectivity index (χ1v) is 10.1. The molecule has 1 N–H and O–H groups in total. The van der Waals surface area contributed by atoms with Gasteiger partial charge in [-0.2, -0.15) is 0 Å². The molecule has 4 aromatic rings. The van der Waals surface area contributed by atoms with Crippen LogP contribution in [0.1, 0.15) is 20.9 Å². The highest BCUT2D eigenvalue weighted by molar-refractivity contribution is 7.19. The number of rotatable bonds is 6. The van der Waals surface area contributed by atoms with E-state index in [0.29, 0.717) is 17.0 Å². The number of nitro groups is 1. The van der Waals surface area contributed by atoms with Crippen LogP contribution in [-0.2, 0) is 0 Å². The third kappa shape index (κ3) is 4.76. The first-order valence-electron chi connectivity index (χ1n) is 9.30. The lowest BCUT2D eigenvalue weighted by molar-refractivity contribution is -0.384. The third-order valence-corrected chi connectivity index (χ3v) is 5.50. The van der Waals surface area contributed by atoms with Crippen molar-refractivity contribution in [1.29, 1.82) is 0 Å². The van der Waals surface area contributed by atoms with Gasteiger partial charge >= 0.3 is 0 Å². The number of non-ortho nitro benzene ring substituents is 1. The summed E-state index contributed by atoms with van der Waals surface area (Å²) in [5.41, 5.74) is 2.86. The van der Waals surface area contributed by atoms with Crippen LogP contribution in [0.2, 0.25) is 0 Å². The lowest BCUT2D eigenvalue weighted by Gasteiger charge is -2.07. The Hall–Kier alpha value is -4.04. The highest BCUT2D eigenvalue weighted by Gasteiger charge is 2.09. The number of amides is 1. The number of nitrogens with one attached hydrogen (secondary N) is 1. The number of hydrogen-bond acceptors (Lipinski definition) is 6. The van der Waals surface area contributed by atoms with Gasteiger partial charge in [0.2, 0.25) is 0 Å². The van der Waals surface area contributed by atoms with Gasteiger partial charge in [0.1, 0.15) is 10.8 Å². The second kappa shape index (κ2) is 8.76. The van der Waals surface area contributed by atoms with E-state index in [9.17, 15) is 14.9 Å². The first kappa shape index (κ1) is 20.2. The molecule has 0 aliphatic rings. The molecular formula is C23H17N3O4S. The summed E-state index contributed by atoms with van der Waals surface area (Å²) in [6, 6.07) is 18.9. The van der Waals surface area contributed by atoms with Crippen LogP contribution >= 0.6 is 11.3 Å². The molecule has 1 amide bonds. The first-order chi connectivity index (χ1) is 15.0. The third-order valence-electron chi connectivity index (χ3n) is 4.51. The van der Waals surface area contributed by atoms with E-state index in [0.717, 1.165) is 20.8 Å². The summed E-state index contributed by atoms with van der Waals surface area (Å²) in [5, 5.41) is 14.6. The van der Waals surface area contributed by atoms with E-state index >= 15 is 0 Å². The smallest absolute Gasteiger partial charge is 0.270 e. The molecule has 0 aliphatic carbocycles. The number of anilines is 1. The number of carbonyl (C=O) groups is 1. The molecule has 31 heavy (non-hydrogen) atoms. The molecule has 0 radical (unpaired) electrons. The summed E-state index contributed by atoms with van der Waals surface area (Å²) >= 11 is 1.38. The second-order valence-electron chi connectivity index (χ2n) is 6.60. The fraction of sp³-hybridized carbons (Fsp3) is 0.0435. The van der Waals surface area contributed by atoms with Crippen molar-refractivity contribution in [3.63, 3.8) is 0 Å².